The van der Waals surface area contributed by atoms with E-state index in [1.807, 2.05) is 13.0 Å². The summed E-state index contributed by atoms with van der Waals surface area (Å²) in [6, 6.07) is 6.93. The van der Waals surface area contributed by atoms with Crippen LogP contribution in [-0.4, -0.2) is 60.3 Å². The van der Waals surface area contributed by atoms with Crippen molar-refractivity contribution in [3.8, 4) is 0 Å². The molecule has 132 valence electrons. The lowest BCUT2D eigenvalue weighted by Gasteiger charge is -2.26. The van der Waals surface area contributed by atoms with Crippen molar-refractivity contribution in [1.29, 1.82) is 0 Å². The molecule has 0 N–H and O–H groups in total. The fraction of sp³-hybridized carbons (Fsp3) is 0.600. The monoisotopic (exact) mass is 360 g/mol. The Bertz CT molecular complexity index is 472. The van der Waals surface area contributed by atoms with Gasteiger partial charge in [0.1, 0.15) is 0 Å². The Morgan fingerprint density at radius 2 is 1.26 bits per heavy atom. The van der Waals surface area contributed by atoms with Gasteiger partial charge in [0.15, 0.2) is 0 Å². The van der Waals surface area contributed by atoms with Crippen LogP contribution in [0.3, 0.4) is 0 Å². The second kappa shape index (κ2) is 9.04. The Hall–Kier alpha value is -0.586. The molecule has 0 heterocycles. The first-order valence-electron chi connectivity index (χ1n) is 7.36. The van der Waals surface area contributed by atoms with Gasteiger partial charge in [-0.25, -0.2) is 0 Å². The lowest BCUT2D eigenvalue weighted by atomic mass is 10.1. The molecule has 8 heteroatoms. The number of hydrogen-bond donors (Lipinski definition) is 0. The van der Waals surface area contributed by atoms with Gasteiger partial charge in [-0.05, 0) is 18.9 Å². The summed E-state index contributed by atoms with van der Waals surface area (Å²) in [7, 11) is 4.28. The summed E-state index contributed by atoms with van der Waals surface area (Å²) < 4.78 is 33.1. The predicted octanol–water partition coefficient (Wildman–Crippen LogP) is 1.50. The molecule has 0 amide bonds. The van der Waals surface area contributed by atoms with Crippen LogP contribution in [0.25, 0.3) is 0 Å². The summed E-state index contributed by atoms with van der Waals surface area (Å²) in [5, 5.41) is 0.944. The van der Waals surface area contributed by atoms with Gasteiger partial charge >= 0.3 is 17.6 Å². The molecule has 0 bridgehead atoms. The number of rotatable bonds is 10. The van der Waals surface area contributed by atoms with Gasteiger partial charge in [0.25, 0.3) is 0 Å². The first-order valence-corrected chi connectivity index (χ1v) is 11.0. The molecule has 1 aromatic carbocycles. The first kappa shape index (κ1) is 20.5. The molecule has 0 fully saturated rings. The Morgan fingerprint density at radius 1 is 0.739 bits per heavy atom. The Morgan fingerprint density at radius 3 is 1.70 bits per heavy atom. The zero-order valence-electron chi connectivity index (χ0n) is 15.1. The third-order valence-electron chi connectivity index (χ3n) is 3.95. The maximum Gasteiger partial charge on any atom is 0.536 e. The maximum absolute atomic E-state index is 5.57. The van der Waals surface area contributed by atoms with Crippen molar-refractivity contribution < 1.29 is 26.6 Å². The molecule has 0 aromatic heterocycles. The van der Waals surface area contributed by atoms with Crippen LogP contribution in [-0.2, 0) is 33.0 Å². The van der Waals surface area contributed by atoms with E-state index in [2.05, 4.69) is 12.1 Å². The van der Waals surface area contributed by atoms with Gasteiger partial charge < -0.3 is 26.6 Å². The van der Waals surface area contributed by atoms with Crippen molar-refractivity contribution in [2.75, 3.05) is 42.7 Å². The van der Waals surface area contributed by atoms with E-state index in [1.165, 1.54) is 0 Å². The summed E-state index contributed by atoms with van der Waals surface area (Å²) in [6.45, 7) is 2.04. The van der Waals surface area contributed by atoms with Gasteiger partial charge in [0, 0.05) is 53.9 Å². The molecule has 1 aromatic rings. The normalized spacial score (nSPS) is 12.7. The third kappa shape index (κ3) is 4.71. The summed E-state index contributed by atoms with van der Waals surface area (Å²) in [4.78, 5) is 0. The minimum atomic E-state index is -2.84. The Balaban J connectivity index is 3.06. The largest absolute Gasteiger partial charge is 0.536 e. The van der Waals surface area contributed by atoms with Gasteiger partial charge in [-0.3, -0.25) is 0 Å². The fourth-order valence-electron chi connectivity index (χ4n) is 2.64. The van der Waals surface area contributed by atoms with Crippen LogP contribution >= 0.6 is 0 Å². The van der Waals surface area contributed by atoms with Crippen molar-refractivity contribution in [3.63, 3.8) is 0 Å². The standard InChI is InChI=1S/C15H28O6Si2/c1-13-10-14(8-9-22(16-2,17-3)18-4)12-15(11-13)23(19-5,20-6)21-7/h10-12H,8-9H2,1-7H3. The lowest BCUT2D eigenvalue weighted by molar-refractivity contribution is 0.123. The van der Waals surface area contributed by atoms with Crippen LogP contribution < -0.4 is 5.19 Å². The number of aryl methyl sites for hydroxylation is 2. The second-order valence-electron chi connectivity index (χ2n) is 5.17. The predicted molar refractivity (Wildman–Crippen MR) is 92.9 cm³/mol. The highest BCUT2D eigenvalue weighted by molar-refractivity contribution is 6.75. The van der Waals surface area contributed by atoms with Crippen molar-refractivity contribution in [3.05, 3.63) is 29.3 Å². The highest BCUT2D eigenvalue weighted by atomic mass is 28.4. The third-order valence-corrected chi connectivity index (χ3v) is 9.29. The average molecular weight is 361 g/mol. The lowest BCUT2D eigenvalue weighted by Crippen LogP contribution is -2.54. The Labute approximate surface area is 141 Å². The van der Waals surface area contributed by atoms with Gasteiger partial charge in [-0.1, -0.05) is 23.8 Å². The molecule has 0 unspecified atom stereocenters. The topological polar surface area (TPSA) is 55.4 Å². The van der Waals surface area contributed by atoms with Crippen LogP contribution in [0.2, 0.25) is 6.04 Å². The van der Waals surface area contributed by atoms with Crippen molar-refractivity contribution in [2.24, 2.45) is 0 Å². The van der Waals surface area contributed by atoms with Crippen molar-refractivity contribution in [2.45, 2.75) is 19.4 Å². The van der Waals surface area contributed by atoms with Crippen molar-refractivity contribution in [1.82, 2.24) is 0 Å². The van der Waals surface area contributed by atoms with E-state index >= 15 is 0 Å². The van der Waals surface area contributed by atoms with Crippen LogP contribution in [0.4, 0.5) is 0 Å². The highest BCUT2D eigenvalue weighted by Crippen LogP contribution is 2.18. The molecular formula is C15H28O6Si2. The van der Waals surface area contributed by atoms with Gasteiger partial charge in [-0.15, -0.1) is 0 Å². The van der Waals surface area contributed by atoms with E-state index in [9.17, 15) is 0 Å². The van der Waals surface area contributed by atoms with E-state index in [1.54, 1.807) is 42.7 Å². The average Bonchev–Trinajstić information content (AvgIpc) is 2.58. The van der Waals surface area contributed by atoms with E-state index < -0.39 is 17.6 Å². The summed E-state index contributed by atoms with van der Waals surface area (Å²) in [6.07, 6.45) is 0.776. The van der Waals surface area contributed by atoms with Crippen LogP contribution in [0.5, 0.6) is 0 Å². The molecule has 0 saturated carbocycles. The maximum atomic E-state index is 5.57. The molecular weight excluding hydrogens is 332 g/mol. The SMILES string of the molecule is CO[Si](CCc1cc(C)cc([Si](OC)(OC)OC)c1)(OC)OC. The van der Waals surface area contributed by atoms with Gasteiger partial charge in [0.2, 0.25) is 0 Å². The quantitative estimate of drug-likeness (QED) is 0.590. The molecule has 1 rings (SSSR count). The number of benzene rings is 1. The molecule has 0 aliphatic carbocycles. The first-order chi connectivity index (χ1) is 10.9. The molecule has 23 heavy (non-hydrogen) atoms. The zero-order chi connectivity index (χ0) is 17.5. The minimum Gasteiger partial charge on any atom is -0.377 e. The van der Waals surface area contributed by atoms with Crippen molar-refractivity contribution >= 4 is 22.8 Å². The summed E-state index contributed by atoms with van der Waals surface area (Å²) in [5.74, 6) is 0. The van der Waals surface area contributed by atoms with E-state index in [0.29, 0.717) is 6.04 Å². The minimum absolute atomic E-state index is 0.695. The molecule has 6 nitrogen and oxygen atoms in total. The van der Waals surface area contributed by atoms with Gasteiger partial charge in [-0.2, -0.15) is 0 Å². The Kier molecular flexibility index (Phi) is 8.04. The highest BCUT2D eigenvalue weighted by Gasteiger charge is 2.41. The van der Waals surface area contributed by atoms with E-state index in [4.69, 9.17) is 26.6 Å². The van der Waals surface area contributed by atoms with Gasteiger partial charge in [0.05, 0.1) is 0 Å². The molecule has 0 atom stereocenters. The molecule has 0 radical (unpaired) electrons. The molecule has 0 aliphatic heterocycles. The fourth-order valence-corrected chi connectivity index (χ4v) is 6.32. The van der Waals surface area contributed by atoms with Crippen LogP contribution in [0.15, 0.2) is 18.2 Å². The molecule has 0 aliphatic rings. The second-order valence-corrected chi connectivity index (χ2v) is 11.2. The number of hydrogen-bond acceptors (Lipinski definition) is 6. The summed E-state index contributed by atoms with van der Waals surface area (Å²) >= 11 is 0. The summed E-state index contributed by atoms with van der Waals surface area (Å²) in [5.41, 5.74) is 2.27. The van der Waals surface area contributed by atoms with E-state index in [-0.39, 0.29) is 0 Å². The molecule has 0 spiro atoms. The van der Waals surface area contributed by atoms with Crippen LogP contribution in [0.1, 0.15) is 11.1 Å². The van der Waals surface area contributed by atoms with Crippen LogP contribution in [0, 0.1) is 6.92 Å². The van der Waals surface area contributed by atoms with E-state index in [0.717, 1.165) is 22.7 Å². The zero-order valence-corrected chi connectivity index (χ0v) is 17.1. The molecule has 0 saturated heterocycles. The smallest absolute Gasteiger partial charge is 0.377 e.